The third-order valence-corrected chi connectivity index (χ3v) is 7.31. The number of hydrogen-bond acceptors (Lipinski definition) is 7. The lowest BCUT2D eigenvalue weighted by molar-refractivity contribution is -0.174. The molecule has 0 heterocycles. The highest BCUT2D eigenvalue weighted by Crippen LogP contribution is 2.49. The Morgan fingerprint density at radius 1 is 0.487 bits per heavy atom. The topological polar surface area (TPSA) is 80.3 Å². The van der Waals surface area contributed by atoms with E-state index in [1.54, 1.807) is 0 Å². The number of carbonyl (C=O) groups is 2. The largest absolute Gasteiger partial charge is 0.465 e. The molecule has 2 unspecified atom stereocenters. The van der Waals surface area contributed by atoms with Gasteiger partial charge in [-0.3, -0.25) is 9.59 Å². The Bertz CT molecular complexity index is 672. The lowest BCUT2D eigenvalue weighted by Gasteiger charge is -2.45. The van der Waals surface area contributed by atoms with Crippen LogP contribution >= 0.6 is 0 Å². The lowest BCUT2D eigenvalue weighted by Crippen LogP contribution is -2.50. The quantitative estimate of drug-likeness (QED) is 0.148. The standard InChI is InChI=1S/C32H62O7/c1-15-38-25(33)31(29(9,10)11,21-27(3,4)5)23-36-19-17-35-18-20-37-24-32(30(12,13)14,22-28(6,7)8)26(34)39-16-2/h15-24H2,1-14H3. The molecule has 0 saturated carbocycles. The van der Waals surface area contributed by atoms with E-state index in [9.17, 15) is 9.59 Å². The fourth-order valence-electron chi connectivity index (χ4n) is 5.12. The van der Waals surface area contributed by atoms with Gasteiger partial charge in [0.25, 0.3) is 0 Å². The van der Waals surface area contributed by atoms with Crippen LogP contribution in [0.5, 0.6) is 0 Å². The fraction of sp³-hybridized carbons (Fsp3) is 0.938. The van der Waals surface area contributed by atoms with Crippen molar-refractivity contribution in [2.75, 3.05) is 52.9 Å². The first-order chi connectivity index (χ1) is 17.6. The highest BCUT2D eigenvalue weighted by molar-refractivity contribution is 5.78. The third kappa shape index (κ3) is 12.1. The third-order valence-electron chi connectivity index (χ3n) is 7.31. The summed E-state index contributed by atoms with van der Waals surface area (Å²) in [6, 6.07) is 0. The molecular formula is C32H62O7. The van der Waals surface area contributed by atoms with E-state index in [0.29, 0.717) is 52.5 Å². The van der Waals surface area contributed by atoms with Gasteiger partial charge in [-0.05, 0) is 48.3 Å². The van der Waals surface area contributed by atoms with E-state index in [1.807, 2.05) is 13.8 Å². The van der Waals surface area contributed by atoms with Gasteiger partial charge in [0.15, 0.2) is 0 Å². The van der Waals surface area contributed by atoms with Gasteiger partial charge in [-0.15, -0.1) is 0 Å². The molecule has 0 aromatic carbocycles. The molecule has 0 aliphatic heterocycles. The summed E-state index contributed by atoms with van der Waals surface area (Å²) in [6.07, 6.45) is 1.31. The van der Waals surface area contributed by atoms with Crippen molar-refractivity contribution in [3.05, 3.63) is 0 Å². The van der Waals surface area contributed by atoms with Gasteiger partial charge in [-0.2, -0.15) is 0 Å². The highest BCUT2D eigenvalue weighted by Gasteiger charge is 2.53. The summed E-state index contributed by atoms with van der Waals surface area (Å²) in [5.74, 6) is -0.415. The molecule has 0 aromatic rings. The Morgan fingerprint density at radius 3 is 1.00 bits per heavy atom. The Balaban J connectivity index is 5.06. The van der Waals surface area contributed by atoms with Crippen molar-refractivity contribution >= 4 is 11.9 Å². The predicted molar refractivity (Wildman–Crippen MR) is 158 cm³/mol. The molecule has 0 spiro atoms. The smallest absolute Gasteiger partial charge is 0.314 e. The Labute approximate surface area is 240 Å². The number of esters is 2. The number of carbonyl (C=O) groups excluding carboxylic acids is 2. The summed E-state index contributed by atoms with van der Waals surface area (Å²) in [4.78, 5) is 26.3. The summed E-state index contributed by atoms with van der Waals surface area (Å²) < 4.78 is 28.9. The maximum Gasteiger partial charge on any atom is 0.314 e. The van der Waals surface area contributed by atoms with Crippen LogP contribution in [0.3, 0.4) is 0 Å². The Kier molecular flexibility index (Phi) is 14.7. The van der Waals surface area contributed by atoms with Crippen molar-refractivity contribution in [1.29, 1.82) is 0 Å². The fourth-order valence-corrected chi connectivity index (χ4v) is 5.12. The zero-order chi connectivity index (χ0) is 30.8. The molecule has 0 aromatic heterocycles. The maximum absolute atomic E-state index is 13.2. The van der Waals surface area contributed by atoms with Crippen LogP contribution in [0.15, 0.2) is 0 Å². The molecule has 7 heteroatoms. The van der Waals surface area contributed by atoms with Crippen molar-refractivity contribution < 1.29 is 33.3 Å². The van der Waals surface area contributed by atoms with E-state index in [0.717, 1.165) is 0 Å². The van der Waals surface area contributed by atoms with Crippen molar-refractivity contribution in [2.24, 2.45) is 32.5 Å². The summed E-state index contributed by atoms with van der Waals surface area (Å²) in [5, 5.41) is 0. The van der Waals surface area contributed by atoms with E-state index in [4.69, 9.17) is 23.7 Å². The second-order valence-corrected chi connectivity index (χ2v) is 15.3. The molecule has 39 heavy (non-hydrogen) atoms. The lowest BCUT2D eigenvalue weighted by atomic mass is 9.60. The molecule has 0 fully saturated rings. The highest BCUT2D eigenvalue weighted by atomic mass is 16.6. The second kappa shape index (κ2) is 15.2. The predicted octanol–water partition coefficient (Wildman–Crippen LogP) is 7.10. The average Bonchev–Trinajstić information content (AvgIpc) is 2.73. The van der Waals surface area contributed by atoms with Crippen LogP contribution in [0.1, 0.15) is 110 Å². The normalized spacial score (nSPS) is 16.4. The van der Waals surface area contributed by atoms with Gasteiger partial charge in [-0.1, -0.05) is 83.1 Å². The van der Waals surface area contributed by atoms with Gasteiger partial charge in [0.1, 0.15) is 0 Å². The van der Waals surface area contributed by atoms with Crippen LogP contribution < -0.4 is 0 Å². The Morgan fingerprint density at radius 2 is 0.769 bits per heavy atom. The number of hydrogen-bond donors (Lipinski definition) is 0. The maximum atomic E-state index is 13.2. The van der Waals surface area contributed by atoms with E-state index in [-0.39, 0.29) is 46.8 Å². The molecule has 0 rings (SSSR count). The molecule has 0 saturated heterocycles. The van der Waals surface area contributed by atoms with Crippen LogP contribution in [0, 0.1) is 32.5 Å². The number of rotatable bonds is 16. The van der Waals surface area contributed by atoms with Crippen LogP contribution in [-0.4, -0.2) is 64.8 Å². The van der Waals surface area contributed by atoms with E-state index in [2.05, 4.69) is 83.1 Å². The van der Waals surface area contributed by atoms with Crippen LogP contribution in [0.2, 0.25) is 0 Å². The molecule has 0 bridgehead atoms. The molecule has 7 nitrogen and oxygen atoms in total. The van der Waals surface area contributed by atoms with Gasteiger partial charge in [-0.25, -0.2) is 0 Å². The molecule has 0 aliphatic rings. The minimum atomic E-state index is -0.763. The molecule has 232 valence electrons. The minimum absolute atomic E-state index is 0.0734. The van der Waals surface area contributed by atoms with Gasteiger partial charge < -0.3 is 23.7 Å². The first-order valence-corrected chi connectivity index (χ1v) is 14.7. The van der Waals surface area contributed by atoms with Crippen LogP contribution in [0.4, 0.5) is 0 Å². The van der Waals surface area contributed by atoms with Gasteiger partial charge in [0, 0.05) is 0 Å². The van der Waals surface area contributed by atoms with E-state index < -0.39 is 10.8 Å². The van der Waals surface area contributed by atoms with Crippen LogP contribution in [0.25, 0.3) is 0 Å². The average molecular weight is 559 g/mol. The monoisotopic (exact) mass is 558 g/mol. The molecule has 0 aliphatic carbocycles. The Hall–Kier alpha value is -1.18. The molecular weight excluding hydrogens is 496 g/mol. The molecule has 0 N–H and O–H groups in total. The first-order valence-electron chi connectivity index (χ1n) is 14.7. The zero-order valence-electron chi connectivity index (χ0n) is 27.9. The van der Waals surface area contributed by atoms with Gasteiger partial charge >= 0.3 is 11.9 Å². The van der Waals surface area contributed by atoms with Crippen molar-refractivity contribution in [2.45, 2.75) is 110 Å². The summed E-state index contributed by atoms with van der Waals surface area (Å²) in [5.41, 5.74) is -2.35. The van der Waals surface area contributed by atoms with Gasteiger partial charge in [0.05, 0.1) is 63.7 Å². The minimum Gasteiger partial charge on any atom is -0.465 e. The molecule has 0 radical (unpaired) electrons. The van der Waals surface area contributed by atoms with Crippen molar-refractivity contribution in [3.63, 3.8) is 0 Å². The van der Waals surface area contributed by atoms with E-state index in [1.165, 1.54) is 0 Å². The first kappa shape index (κ1) is 37.8. The summed E-state index contributed by atoms with van der Waals surface area (Å²) >= 11 is 0. The molecule has 2 atom stereocenters. The van der Waals surface area contributed by atoms with Crippen LogP contribution in [-0.2, 0) is 33.3 Å². The number of ether oxygens (including phenoxy) is 5. The molecule has 0 amide bonds. The summed E-state index contributed by atoms with van der Waals surface area (Å²) in [6.45, 7) is 31.6. The van der Waals surface area contributed by atoms with E-state index >= 15 is 0 Å². The zero-order valence-corrected chi connectivity index (χ0v) is 27.9. The van der Waals surface area contributed by atoms with Crippen molar-refractivity contribution in [3.8, 4) is 0 Å². The van der Waals surface area contributed by atoms with Crippen molar-refractivity contribution in [1.82, 2.24) is 0 Å². The van der Waals surface area contributed by atoms with Gasteiger partial charge in [0.2, 0.25) is 0 Å². The summed E-state index contributed by atoms with van der Waals surface area (Å²) in [7, 11) is 0. The second-order valence-electron chi connectivity index (χ2n) is 15.3. The SMILES string of the molecule is CCOC(=O)C(COCCOCCOCC(CC(C)(C)C)(C(=O)OCC)C(C)(C)C)(CC(C)(C)C)C(C)(C)C.